The van der Waals surface area contributed by atoms with Gasteiger partial charge in [0.05, 0.1) is 0 Å². The highest BCUT2D eigenvalue weighted by atomic mass is 32.1. The third-order valence-electron chi connectivity index (χ3n) is 2.67. The second kappa shape index (κ2) is 8.11. The Morgan fingerprint density at radius 1 is 1.24 bits per heavy atom. The average Bonchev–Trinajstić information content (AvgIpc) is 3.13. The standard InChI is InChI=1S/C16H17N3OS/c1-2-11-19-12-9-17-15(19)8-7-14(20)5-3-4-6-16-18-10-13-21-16/h3-10,12-13H,2,11H2,1H3/b5-3+,6-4+,8-7+. The lowest BCUT2D eigenvalue weighted by Gasteiger charge is -2.00. The predicted octanol–water partition coefficient (Wildman–Crippen LogP) is 3.60. The third-order valence-corrected chi connectivity index (χ3v) is 3.41. The first-order chi connectivity index (χ1) is 10.3. The van der Waals surface area contributed by atoms with E-state index in [4.69, 9.17) is 0 Å². The van der Waals surface area contributed by atoms with Crippen molar-refractivity contribution in [1.82, 2.24) is 14.5 Å². The van der Waals surface area contributed by atoms with E-state index in [9.17, 15) is 4.79 Å². The zero-order valence-electron chi connectivity index (χ0n) is 11.8. The van der Waals surface area contributed by atoms with Gasteiger partial charge in [0.2, 0.25) is 0 Å². The molecule has 4 nitrogen and oxygen atoms in total. The lowest BCUT2D eigenvalue weighted by atomic mass is 10.3. The SMILES string of the molecule is CCCn1ccnc1/C=C/C(=O)/C=C/C=C/c1nccs1. The van der Waals surface area contributed by atoms with Crippen LogP contribution < -0.4 is 0 Å². The number of rotatable bonds is 7. The molecule has 2 rings (SSSR count). The molecular weight excluding hydrogens is 282 g/mol. The van der Waals surface area contributed by atoms with Gasteiger partial charge >= 0.3 is 0 Å². The van der Waals surface area contributed by atoms with Gasteiger partial charge in [0, 0.05) is 30.5 Å². The van der Waals surface area contributed by atoms with Crippen LogP contribution in [-0.4, -0.2) is 20.3 Å². The van der Waals surface area contributed by atoms with Crippen LogP contribution in [0.5, 0.6) is 0 Å². The maximum atomic E-state index is 11.7. The third kappa shape index (κ3) is 4.96. The lowest BCUT2D eigenvalue weighted by Crippen LogP contribution is -1.98. The fourth-order valence-corrected chi connectivity index (χ4v) is 2.27. The van der Waals surface area contributed by atoms with Crippen LogP contribution in [0.15, 0.2) is 48.3 Å². The quantitative estimate of drug-likeness (QED) is 0.579. The number of carbonyl (C=O) groups excluding carboxylic acids is 1. The number of thiazole rings is 1. The molecule has 0 radical (unpaired) electrons. The Bertz CT molecular complexity index is 651. The fraction of sp³-hybridized carbons (Fsp3) is 0.188. The van der Waals surface area contributed by atoms with E-state index in [2.05, 4.69) is 16.9 Å². The number of aromatic nitrogens is 3. The highest BCUT2D eigenvalue weighted by molar-refractivity contribution is 7.10. The summed E-state index contributed by atoms with van der Waals surface area (Å²) in [6.45, 7) is 3.01. The Morgan fingerprint density at radius 3 is 2.90 bits per heavy atom. The minimum Gasteiger partial charge on any atom is -0.332 e. The molecular formula is C16H17N3OS. The molecule has 0 bridgehead atoms. The van der Waals surface area contributed by atoms with Gasteiger partial charge in [-0.25, -0.2) is 9.97 Å². The molecule has 0 aliphatic heterocycles. The zero-order valence-corrected chi connectivity index (χ0v) is 12.7. The molecule has 2 aromatic heterocycles. The zero-order chi connectivity index (χ0) is 14.9. The highest BCUT2D eigenvalue weighted by Crippen LogP contribution is 2.06. The van der Waals surface area contributed by atoms with Gasteiger partial charge in [-0.3, -0.25) is 4.79 Å². The number of nitrogens with zero attached hydrogens (tertiary/aromatic N) is 3. The minimum atomic E-state index is -0.0650. The van der Waals surface area contributed by atoms with E-state index < -0.39 is 0 Å². The minimum absolute atomic E-state index is 0.0650. The van der Waals surface area contributed by atoms with Crippen LogP contribution in [0, 0.1) is 0 Å². The van der Waals surface area contributed by atoms with Crippen LogP contribution in [0.3, 0.4) is 0 Å². The predicted molar refractivity (Wildman–Crippen MR) is 86.8 cm³/mol. The summed E-state index contributed by atoms with van der Waals surface area (Å²) in [4.78, 5) is 20.0. The van der Waals surface area contributed by atoms with Gasteiger partial charge in [-0.2, -0.15) is 0 Å². The van der Waals surface area contributed by atoms with E-state index in [1.54, 1.807) is 35.9 Å². The van der Waals surface area contributed by atoms with Crippen molar-refractivity contribution in [3.8, 4) is 0 Å². The molecule has 0 aromatic carbocycles. The van der Waals surface area contributed by atoms with Gasteiger partial charge in [0.15, 0.2) is 5.78 Å². The first-order valence-corrected chi connectivity index (χ1v) is 7.65. The van der Waals surface area contributed by atoms with Gasteiger partial charge in [-0.15, -0.1) is 11.3 Å². The van der Waals surface area contributed by atoms with Crippen molar-refractivity contribution in [3.63, 3.8) is 0 Å². The number of allylic oxidation sites excluding steroid dienone is 4. The molecule has 0 atom stereocenters. The number of carbonyl (C=O) groups is 1. The molecule has 0 saturated heterocycles. The topological polar surface area (TPSA) is 47.8 Å². The molecule has 0 unspecified atom stereocenters. The van der Waals surface area contributed by atoms with Crippen molar-refractivity contribution in [2.45, 2.75) is 19.9 Å². The molecule has 0 aliphatic carbocycles. The summed E-state index contributed by atoms with van der Waals surface area (Å²) in [5.41, 5.74) is 0. The summed E-state index contributed by atoms with van der Waals surface area (Å²) >= 11 is 1.55. The van der Waals surface area contributed by atoms with Crippen LogP contribution in [0.2, 0.25) is 0 Å². The molecule has 21 heavy (non-hydrogen) atoms. The van der Waals surface area contributed by atoms with Gasteiger partial charge in [-0.1, -0.05) is 19.1 Å². The van der Waals surface area contributed by atoms with Crippen molar-refractivity contribution in [1.29, 1.82) is 0 Å². The number of aryl methyl sites for hydroxylation is 1. The van der Waals surface area contributed by atoms with E-state index in [1.165, 1.54) is 12.2 Å². The Hall–Kier alpha value is -2.27. The summed E-state index contributed by atoms with van der Waals surface area (Å²) < 4.78 is 2.02. The van der Waals surface area contributed by atoms with Gasteiger partial charge in [0.25, 0.3) is 0 Å². The van der Waals surface area contributed by atoms with Crippen molar-refractivity contribution in [2.24, 2.45) is 0 Å². The van der Waals surface area contributed by atoms with Crippen LogP contribution in [0.1, 0.15) is 24.2 Å². The summed E-state index contributed by atoms with van der Waals surface area (Å²) in [5, 5.41) is 2.83. The largest absolute Gasteiger partial charge is 0.332 e. The van der Waals surface area contributed by atoms with Crippen LogP contribution in [-0.2, 0) is 11.3 Å². The van der Waals surface area contributed by atoms with E-state index in [-0.39, 0.29) is 5.78 Å². The van der Waals surface area contributed by atoms with Crippen LogP contribution >= 0.6 is 11.3 Å². The molecule has 2 heterocycles. The lowest BCUT2D eigenvalue weighted by molar-refractivity contribution is -0.110. The Balaban J connectivity index is 1.89. The maximum absolute atomic E-state index is 11.7. The van der Waals surface area contributed by atoms with E-state index in [0.29, 0.717) is 0 Å². The summed E-state index contributed by atoms with van der Waals surface area (Å²) in [6.07, 6.45) is 16.6. The number of hydrogen-bond donors (Lipinski definition) is 0. The summed E-state index contributed by atoms with van der Waals surface area (Å²) in [6, 6.07) is 0. The number of hydrogen-bond acceptors (Lipinski definition) is 4. The highest BCUT2D eigenvalue weighted by Gasteiger charge is 1.97. The molecule has 0 N–H and O–H groups in total. The first kappa shape index (κ1) is 15.1. The van der Waals surface area contributed by atoms with Crippen molar-refractivity contribution in [3.05, 3.63) is 59.1 Å². The molecule has 2 aromatic rings. The Morgan fingerprint density at radius 2 is 2.14 bits per heavy atom. The van der Waals surface area contributed by atoms with E-state index in [1.807, 2.05) is 28.3 Å². The van der Waals surface area contributed by atoms with Crippen LogP contribution in [0.25, 0.3) is 12.2 Å². The molecule has 0 amide bonds. The van der Waals surface area contributed by atoms with Gasteiger partial charge in [-0.05, 0) is 30.7 Å². The van der Waals surface area contributed by atoms with Crippen LogP contribution in [0.4, 0.5) is 0 Å². The maximum Gasteiger partial charge on any atom is 0.178 e. The smallest absolute Gasteiger partial charge is 0.178 e. The molecule has 0 aliphatic rings. The van der Waals surface area contributed by atoms with Crippen molar-refractivity contribution < 1.29 is 4.79 Å². The Kier molecular flexibility index (Phi) is 5.84. The second-order valence-corrected chi connectivity index (χ2v) is 5.23. The fourth-order valence-electron chi connectivity index (χ4n) is 1.73. The molecule has 0 saturated carbocycles. The molecule has 0 spiro atoms. The Labute approximate surface area is 128 Å². The van der Waals surface area contributed by atoms with Gasteiger partial charge < -0.3 is 4.57 Å². The van der Waals surface area contributed by atoms with E-state index >= 15 is 0 Å². The second-order valence-electron chi connectivity index (χ2n) is 4.30. The van der Waals surface area contributed by atoms with E-state index in [0.717, 1.165) is 23.8 Å². The molecule has 0 fully saturated rings. The summed E-state index contributed by atoms with van der Waals surface area (Å²) in [5.74, 6) is 0.738. The molecule has 5 heteroatoms. The number of ketones is 1. The van der Waals surface area contributed by atoms with Crippen molar-refractivity contribution >= 4 is 29.3 Å². The normalized spacial score (nSPS) is 12.0. The average molecular weight is 299 g/mol. The monoisotopic (exact) mass is 299 g/mol. The molecule has 108 valence electrons. The van der Waals surface area contributed by atoms with Gasteiger partial charge in [0.1, 0.15) is 10.8 Å². The summed E-state index contributed by atoms with van der Waals surface area (Å²) in [7, 11) is 0. The number of imidazole rings is 1. The van der Waals surface area contributed by atoms with Crippen molar-refractivity contribution in [2.75, 3.05) is 0 Å². The first-order valence-electron chi connectivity index (χ1n) is 6.77.